The van der Waals surface area contributed by atoms with Crippen molar-refractivity contribution in [3.05, 3.63) is 29.3 Å². The van der Waals surface area contributed by atoms with Crippen LogP contribution in [0.5, 0.6) is 0 Å². The molecule has 2 rings (SSSR count). The van der Waals surface area contributed by atoms with Gasteiger partial charge in [-0.2, -0.15) is 5.26 Å². The number of benzene rings is 1. The van der Waals surface area contributed by atoms with Gasteiger partial charge in [0.25, 0.3) is 0 Å². The lowest BCUT2D eigenvalue weighted by Gasteiger charge is -2.50. The van der Waals surface area contributed by atoms with Crippen molar-refractivity contribution in [3.63, 3.8) is 0 Å². The van der Waals surface area contributed by atoms with Crippen LogP contribution in [0.2, 0.25) is 0 Å². The Balaban J connectivity index is 2.26. The van der Waals surface area contributed by atoms with Gasteiger partial charge >= 0.3 is 0 Å². The molecule has 1 heterocycles. The van der Waals surface area contributed by atoms with Crippen LogP contribution >= 0.6 is 0 Å². The first-order chi connectivity index (χ1) is 8.37. The van der Waals surface area contributed by atoms with Crippen LogP contribution in [0.15, 0.2) is 12.1 Å². The molecule has 0 radical (unpaired) electrons. The van der Waals surface area contributed by atoms with E-state index in [9.17, 15) is 13.9 Å². The van der Waals surface area contributed by atoms with Crippen LogP contribution in [0, 0.1) is 28.9 Å². The lowest BCUT2D eigenvalue weighted by atomic mass is 9.82. The van der Waals surface area contributed by atoms with Crippen molar-refractivity contribution >= 4 is 5.69 Å². The smallest absolute Gasteiger partial charge is 0.150 e. The van der Waals surface area contributed by atoms with Gasteiger partial charge in [0.15, 0.2) is 11.6 Å². The van der Waals surface area contributed by atoms with Gasteiger partial charge in [0.1, 0.15) is 11.3 Å². The molecule has 0 amide bonds. The predicted octanol–water partition coefficient (Wildman–Crippen LogP) is 2.04. The average molecular weight is 252 g/mol. The summed E-state index contributed by atoms with van der Waals surface area (Å²) in [7, 11) is 0. The molecule has 96 valence electrons. The molecule has 0 saturated carbocycles. The molecule has 18 heavy (non-hydrogen) atoms. The fourth-order valence-electron chi connectivity index (χ4n) is 2.07. The fourth-order valence-corrected chi connectivity index (χ4v) is 2.07. The molecule has 1 aliphatic rings. The molecule has 1 aliphatic heterocycles. The van der Waals surface area contributed by atoms with Gasteiger partial charge in [-0.25, -0.2) is 8.78 Å². The lowest BCUT2D eigenvalue weighted by molar-refractivity contribution is -0.0306. The minimum Gasteiger partial charge on any atom is -0.386 e. The van der Waals surface area contributed by atoms with Gasteiger partial charge in [0, 0.05) is 13.1 Å². The van der Waals surface area contributed by atoms with E-state index in [0.29, 0.717) is 0 Å². The van der Waals surface area contributed by atoms with Gasteiger partial charge in [-0.15, -0.1) is 0 Å². The molecule has 1 fully saturated rings. The second-order valence-electron chi connectivity index (χ2n) is 5.01. The van der Waals surface area contributed by atoms with Crippen molar-refractivity contribution in [1.29, 1.82) is 5.26 Å². The average Bonchev–Trinajstić information content (AvgIpc) is 2.24. The summed E-state index contributed by atoms with van der Waals surface area (Å²) in [6.07, 6.45) is 0. The normalized spacial score (nSPS) is 17.5. The molecule has 5 heteroatoms. The minimum absolute atomic E-state index is 0.0262. The zero-order valence-corrected chi connectivity index (χ0v) is 10.2. The van der Waals surface area contributed by atoms with Crippen LogP contribution in [0.1, 0.15) is 19.4 Å². The molecular weight excluding hydrogens is 238 g/mol. The van der Waals surface area contributed by atoms with Crippen LogP contribution < -0.4 is 4.90 Å². The molecule has 0 spiro atoms. The second kappa shape index (κ2) is 4.21. The highest BCUT2D eigenvalue weighted by molar-refractivity contribution is 5.55. The van der Waals surface area contributed by atoms with E-state index in [1.807, 2.05) is 13.8 Å². The van der Waals surface area contributed by atoms with Crippen molar-refractivity contribution in [3.8, 4) is 6.07 Å². The zero-order valence-electron chi connectivity index (χ0n) is 10.2. The van der Waals surface area contributed by atoms with Gasteiger partial charge in [-0.05, 0) is 18.1 Å². The van der Waals surface area contributed by atoms with E-state index in [4.69, 9.17) is 5.26 Å². The molecule has 0 atom stereocenters. The minimum atomic E-state index is -0.896. The number of anilines is 1. The van der Waals surface area contributed by atoms with Gasteiger partial charge < -0.3 is 10.0 Å². The number of nitrogens with zero attached hydrogens (tertiary/aromatic N) is 2. The van der Waals surface area contributed by atoms with Crippen LogP contribution in [-0.2, 0) is 0 Å². The largest absolute Gasteiger partial charge is 0.386 e. The van der Waals surface area contributed by atoms with E-state index in [0.717, 1.165) is 12.1 Å². The summed E-state index contributed by atoms with van der Waals surface area (Å²) in [5.41, 5.74) is -1.11. The third kappa shape index (κ3) is 1.93. The standard InChI is InChI=1S/C13H14F2N2O/c1-8(2)13(18)6-17(7-13)12-10(14)3-9(5-16)4-11(12)15/h3-4,8,18H,6-7H2,1-2H3. The highest BCUT2D eigenvalue weighted by atomic mass is 19.1. The Hall–Kier alpha value is -1.67. The number of halogens is 2. The van der Waals surface area contributed by atoms with E-state index >= 15 is 0 Å². The summed E-state index contributed by atoms with van der Waals surface area (Å²) in [6.45, 7) is 4.13. The van der Waals surface area contributed by atoms with Crippen LogP contribution in [-0.4, -0.2) is 23.8 Å². The molecule has 0 aliphatic carbocycles. The van der Waals surface area contributed by atoms with E-state index in [1.54, 1.807) is 6.07 Å². The first-order valence-electron chi connectivity index (χ1n) is 5.74. The Morgan fingerprint density at radius 3 is 2.22 bits per heavy atom. The van der Waals surface area contributed by atoms with Gasteiger partial charge in [0.2, 0.25) is 0 Å². The molecule has 0 bridgehead atoms. The number of rotatable bonds is 2. The van der Waals surface area contributed by atoms with Crippen molar-refractivity contribution in [2.24, 2.45) is 5.92 Å². The quantitative estimate of drug-likeness (QED) is 0.876. The van der Waals surface area contributed by atoms with Crippen molar-refractivity contribution < 1.29 is 13.9 Å². The Morgan fingerprint density at radius 2 is 1.83 bits per heavy atom. The van der Waals surface area contributed by atoms with E-state index in [1.165, 1.54) is 4.90 Å². The molecular formula is C13H14F2N2O. The molecule has 1 aromatic carbocycles. The van der Waals surface area contributed by atoms with Gasteiger partial charge in [-0.1, -0.05) is 13.8 Å². The van der Waals surface area contributed by atoms with E-state index < -0.39 is 17.2 Å². The first-order valence-corrected chi connectivity index (χ1v) is 5.74. The third-order valence-corrected chi connectivity index (χ3v) is 3.47. The summed E-state index contributed by atoms with van der Waals surface area (Å²) in [5, 5.41) is 18.7. The maximum atomic E-state index is 13.7. The summed E-state index contributed by atoms with van der Waals surface area (Å²) in [6, 6.07) is 3.71. The Bertz CT molecular complexity index is 493. The number of hydrogen-bond acceptors (Lipinski definition) is 3. The second-order valence-corrected chi connectivity index (χ2v) is 5.01. The Labute approximate surface area is 104 Å². The number of β-amino-alcohol motifs (C(OH)–C–C–N with tert-alkyl or cyclic N) is 1. The topological polar surface area (TPSA) is 47.3 Å². The van der Waals surface area contributed by atoms with Crippen molar-refractivity contribution in [2.75, 3.05) is 18.0 Å². The van der Waals surface area contributed by atoms with E-state index in [-0.39, 0.29) is 30.3 Å². The maximum absolute atomic E-state index is 13.7. The summed E-state index contributed by atoms with van der Waals surface area (Å²) >= 11 is 0. The third-order valence-electron chi connectivity index (χ3n) is 3.47. The van der Waals surface area contributed by atoms with E-state index in [2.05, 4.69) is 0 Å². The van der Waals surface area contributed by atoms with Crippen LogP contribution in [0.4, 0.5) is 14.5 Å². The van der Waals surface area contributed by atoms with Gasteiger partial charge in [-0.3, -0.25) is 0 Å². The Morgan fingerprint density at radius 1 is 1.33 bits per heavy atom. The zero-order chi connectivity index (χ0) is 13.5. The first kappa shape index (κ1) is 12.8. The fraction of sp³-hybridized carbons (Fsp3) is 0.462. The summed E-state index contributed by atoms with van der Waals surface area (Å²) in [4.78, 5) is 1.45. The lowest BCUT2D eigenvalue weighted by Crippen LogP contribution is -2.65. The maximum Gasteiger partial charge on any atom is 0.150 e. The predicted molar refractivity (Wildman–Crippen MR) is 63.1 cm³/mol. The Kier molecular flexibility index (Phi) is 2.99. The summed E-state index contributed by atoms with van der Waals surface area (Å²) < 4.78 is 27.4. The monoisotopic (exact) mass is 252 g/mol. The SMILES string of the molecule is CC(C)C1(O)CN(c2c(F)cc(C#N)cc2F)C1. The molecule has 0 unspecified atom stereocenters. The molecule has 3 nitrogen and oxygen atoms in total. The van der Waals surface area contributed by atoms with Gasteiger partial charge in [0.05, 0.1) is 11.6 Å². The van der Waals surface area contributed by atoms with Crippen molar-refractivity contribution in [1.82, 2.24) is 0 Å². The van der Waals surface area contributed by atoms with Crippen LogP contribution in [0.3, 0.4) is 0 Å². The molecule has 1 aromatic rings. The molecule has 0 aromatic heterocycles. The highest BCUT2D eigenvalue weighted by Crippen LogP contribution is 2.35. The molecule has 1 N–H and O–H groups in total. The van der Waals surface area contributed by atoms with Crippen molar-refractivity contribution in [2.45, 2.75) is 19.4 Å². The number of aliphatic hydroxyl groups is 1. The number of hydrogen-bond donors (Lipinski definition) is 1. The van der Waals surface area contributed by atoms with Crippen LogP contribution in [0.25, 0.3) is 0 Å². The summed E-state index contributed by atoms with van der Waals surface area (Å²) in [5.74, 6) is -1.51. The molecule has 1 saturated heterocycles. The highest BCUT2D eigenvalue weighted by Gasteiger charge is 2.45. The number of nitriles is 1.